The average Bonchev–Trinajstić information content (AvgIpc) is 3.43. The highest BCUT2D eigenvalue weighted by Crippen LogP contribution is 2.44. The molecule has 3 heterocycles. The van der Waals surface area contributed by atoms with Gasteiger partial charge in [0.25, 0.3) is 6.43 Å². The number of halogens is 4. The van der Waals surface area contributed by atoms with Crippen LogP contribution in [0.25, 0.3) is 0 Å². The second kappa shape index (κ2) is 11.6. The van der Waals surface area contributed by atoms with Gasteiger partial charge in [-0.25, -0.2) is 17.9 Å². The Hall–Kier alpha value is -2.82. The van der Waals surface area contributed by atoms with Crippen molar-refractivity contribution in [3.05, 3.63) is 39.4 Å². The molecule has 8 nitrogen and oxygen atoms in total. The van der Waals surface area contributed by atoms with Crippen LogP contribution in [0.4, 0.5) is 13.2 Å². The molecule has 218 valence electrons. The van der Waals surface area contributed by atoms with Crippen molar-refractivity contribution in [3.8, 4) is 5.75 Å². The third-order valence-corrected chi connectivity index (χ3v) is 8.99. The number of aryl methyl sites for hydroxylation is 1. The van der Waals surface area contributed by atoms with Crippen LogP contribution in [0, 0.1) is 23.6 Å². The van der Waals surface area contributed by atoms with Crippen molar-refractivity contribution in [1.82, 2.24) is 24.8 Å². The normalized spacial score (nSPS) is 25.1. The standard InChI is InChI=1S/C28H35ClF3N5O3/c1-15-10-23(38)36(12-15)13-22-24-18(8-9-37(22)28(39)17-7-5-4-6-16(17)2)19(29)11-20(30)26(24)40-14-21-25(27(31)32)35(3)34-33-21/h11,15-17,22,27H,4-10,12-14H2,1-3H3/t15-,16+,17-,22-/m1/s1. The van der Waals surface area contributed by atoms with E-state index in [1.165, 1.54) is 7.05 Å². The number of likely N-dealkylation sites (tertiary alicyclic amines) is 1. The van der Waals surface area contributed by atoms with Gasteiger partial charge in [-0.2, -0.15) is 0 Å². The van der Waals surface area contributed by atoms with E-state index in [9.17, 15) is 18.4 Å². The number of hydrogen-bond acceptors (Lipinski definition) is 5. The first-order chi connectivity index (χ1) is 19.1. The Kier molecular flexibility index (Phi) is 8.31. The third kappa shape index (κ3) is 5.41. The molecule has 0 unspecified atom stereocenters. The molecule has 0 radical (unpaired) electrons. The number of carbonyl (C=O) groups excluding carboxylic acids is 2. The Morgan fingerprint density at radius 1 is 1.25 bits per heavy atom. The van der Waals surface area contributed by atoms with Crippen LogP contribution in [-0.4, -0.2) is 56.2 Å². The molecule has 2 aromatic rings. The fourth-order valence-electron chi connectivity index (χ4n) is 6.58. The Labute approximate surface area is 236 Å². The number of carbonyl (C=O) groups is 2. The minimum Gasteiger partial charge on any atom is -0.484 e. The summed E-state index contributed by atoms with van der Waals surface area (Å²) in [7, 11) is 1.35. The predicted molar refractivity (Wildman–Crippen MR) is 141 cm³/mol. The summed E-state index contributed by atoms with van der Waals surface area (Å²) in [6, 6.07) is 0.459. The molecule has 1 aromatic heterocycles. The second-order valence-electron chi connectivity index (χ2n) is 11.5. The minimum atomic E-state index is -2.84. The number of alkyl halides is 2. The van der Waals surface area contributed by atoms with E-state index in [0.717, 1.165) is 36.4 Å². The van der Waals surface area contributed by atoms with Gasteiger partial charge >= 0.3 is 0 Å². The summed E-state index contributed by atoms with van der Waals surface area (Å²) < 4.78 is 49.7. The minimum absolute atomic E-state index is 0.0113. The van der Waals surface area contributed by atoms with Crippen LogP contribution in [0.15, 0.2) is 6.07 Å². The molecule has 2 aliphatic heterocycles. The van der Waals surface area contributed by atoms with Crippen molar-refractivity contribution in [1.29, 1.82) is 0 Å². The molecule has 0 bridgehead atoms. The fraction of sp³-hybridized carbons (Fsp3) is 0.643. The predicted octanol–water partition coefficient (Wildman–Crippen LogP) is 5.24. The SMILES string of the molecule is C[C@@H]1CC(=O)N(C[C@@H]2c3c(c(Cl)cc(F)c3OCc3nnn(C)c3C(F)F)CCN2C(=O)[C@@H]2CCCC[C@@H]2C)C1. The lowest BCUT2D eigenvalue weighted by molar-refractivity contribution is -0.143. The summed E-state index contributed by atoms with van der Waals surface area (Å²) in [5.74, 6) is -0.747. The first-order valence-electron chi connectivity index (χ1n) is 13.9. The Balaban J connectivity index is 1.55. The van der Waals surface area contributed by atoms with Crippen molar-refractivity contribution in [2.75, 3.05) is 19.6 Å². The van der Waals surface area contributed by atoms with Crippen molar-refractivity contribution >= 4 is 23.4 Å². The van der Waals surface area contributed by atoms with E-state index in [1.54, 1.807) is 9.80 Å². The Bertz CT molecular complexity index is 1290. The van der Waals surface area contributed by atoms with Gasteiger partial charge in [0.05, 0.1) is 6.04 Å². The van der Waals surface area contributed by atoms with Crippen LogP contribution in [0.2, 0.25) is 5.02 Å². The number of ether oxygens (including phenoxy) is 1. The van der Waals surface area contributed by atoms with E-state index in [1.807, 2.05) is 6.92 Å². The van der Waals surface area contributed by atoms with Gasteiger partial charge in [-0.05, 0) is 42.7 Å². The lowest BCUT2D eigenvalue weighted by Crippen LogP contribution is -2.49. The molecule has 3 aliphatic rings. The Morgan fingerprint density at radius 2 is 2.00 bits per heavy atom. The van der Waals surface area contributed by atoms with Gasteiger partial charge in [0, 0.05) is 49.6 Å². The van der Waals surface area contributed by atoms with Crippen LogP contribution in [-0.2, 0) is 29.7 Å². The van der Waals surface area contributed by atoms with Gasteiger partial charge in [0.1, 0.15) is 18.0 Å². The molecule has 1 saturated heterocycles. The number of amides is 2. The lowest BCUT2D eigenvalue weighted by Gasteiger charge is -2.43. The summed E-state index contributed by atoms with van der Waals surface area (Å²) >= 11 is 6.54. The molecule has 1 saturated carbocycles. The average molecular weight is 582 g/mol. The number of nitrogens with zero attached hydrogens (tertiary/aromatic N) is 5. The van der Waals surface area contributed by atoms with E-state index < -0.39 is 30.6 Å². The van der Waals surface area contributed by atoms with E-state index in [2.05, 4.69) is 17.2 Å². The van der Waals surface area contributed by atoms with Crippen LogP contribution in [0.1, 0.15) is 80.9 Å². The Morgan fingerprint density at radius 3 is 2.67 bits per heavy atom. The molecule has 12 heteroatoms. The van der Waals surface area contributed by atoms with E-state index in [-0.39, 0.29) is 52.6 Å². The molecule has 5 rings (SSSR count). The van der Waals surface area contributed by atoms with E-state index in [4.69, 9.17) is 16.3 Å². The van der Waals surface area contributed by atoms with Gasteiger partial charge < -0.3 is 14.5 Å². The molecule has 0 spiro atoms. The van der Waals surface area contributed by atoms with Gasteiger partial charge in [0.2, 0.25) is 11.8 Å². The number of hydrogen-bond donors (Lipinski definition) is 0. The number of aromatic nitrogens is 3. The summed E-state index contributed by atoms with van der Waals surface area (Å²) in [4.78, 5) is 30.4. The zero-order valence-corrected chi connectivity index (χ0v) is 23.8. The summed E-state index contributed by atoms with van der Waals surface area (Å²) in [5.41, 5.74) is 0.500. The zero-order chi connectivity index (χ0) is 28.7. The number of benzene rings is 1. The molecule has 2 fully saturated rings. The first-order valence-corrected chi connectivity index (χ1v) is 14.3. The van der Waals surface area contributed by atoms with Crippen LogP contribution < -0.4 is 4.74 Å². The van der Waals surface area contributed by atoms with Gasteiger partial charge in [-0.1, -0.05) is 43.5 Å². The molecule has 2 amide bonds. The maximum atomic E-state index is 15.6. The topological polar surface area (TPSA) is 80.6 Å². The number of fused-ring (bicyclic) bond motifs is 1. The monoisotopic (exact) mass is 581 g/mol. The maximum Gasteiger partial charge on any atom is 0.282 e. The fourth-order valence-corrected chi connectivity index (χ4v) is 6.87. The first kappa shape index (κ1) is 28.7. The highest BCUT2D eigenvalue weighted by atomic mass is 35.5. The zero-order valence-electron chi connectivity index (χ0n) is 23.0. The van der Waals surface area contributed by atoms with Gasteiger partial charge in [-0.15, -0.1) is 5.10 Å². The summed E-state index contributed by atoms with van der Waals surface area (Å²) in [5, 5.41) is 7.65. The van der Waals surface area contributed by atoms with E-state index >= 15 is 4.39 Å². The maximum absolute atomic E-state index is 15.6. The highest BCUT2D eigenvalue weighted by Gasteiger charge is 2.42. The summed E-state index contributed by atoms with van der Waals surface area (Å²) in [6.45, 7) is 4.72. The van der Waals surface area contributed by atoms with Crippen molar-refractivity contribution in [2.24, 2.45) is 24.8 Å². The quantitative estimate of drug-likeness (QED) is 0.446. The molecule has 1 aliphatic carbocycles. The largest absolute Gasteiger partial charge is 0.484 e. The van der Waals surface area contributed by atoms with E-state index in [0.29, 0.717) is 37.1 Å². The molecular formula is C28H35ClF3N5O3. The highest BCUT2D eigenvalue weighted by molar-refractivity contribution is 6.31. The van der Waals surface area contributed by atoms with Gasteiger partial charge in [0.15, 0.2) is 11.6 Å². The smallest absolute Gasteiger partial charge is 0.282 e. The lowest BCUT2D eigenvalue weighted by atomic mass is 9.78. The van der Waals surface area contributed by atoms with Crippen LogP contribution >= 0.6 is 11.6 Å². The number of rotatable bonds is 7. The van der Waals surface area contributed by atoms with Crippen molar-refractivity contribution in [3.63, 3.8) is 0 Å². The molecule has 1 aromatic carbocycles. The van der Waals surface area contributed by atoms with Crippen molar-refractivity contribution < 1.29 is 27.5 Å². The van der Waals surface area contributed by atoms with Crippen molar-refractivity contribution in [2.45, 2.75) is 71.4 Å². The third-order valence-electron chi connectivity index (χ3n) is 8.66. The van der Waals surface area contributed by atoms with Gasteiger partial charge in [-0.3, -0.25) is 9.59 Å². The molecular weight excluding hydrogens is 547 g/mol. The summed E-state index contributed by atoms with van der Waals surface area (Å²) in [6.07, 6.45) is 1.74. The molecule has 0 N–H and O–H groups in total. The van der Waals surface area contributed by atoms with Crippen LogP contribution in [0.5, 0.6) is 5.75 Å². The molecule has 40 heavy (non-hydrogen) atoms. The van der Waals surface area contributed by atoms with Crippen LogP contribution in [0.3, 0.4) is 0 Å². The second-order valence-corrected chi connectivity index (χ2v) is 11.9. The molecule has 4 atom stereocenters.